The first-order valence-electron chi connectivity index (χ1n) is 4.88. The number of carbonyl (C=O) groups excluding carboxylic acids is 1. The van der Waals surface area contributed by atoms with Crippen molar-refractivity contribution in [2.45, 2.75) is 13.3 Å². The Labute approximate surface area is 92.1 Å². The van der Waals surface area contributed by atoms with Gasteiger partial charge in [-0.1, -0.05) is 6.92 Å². The Kier molecular flexibility index (Phi) is 2.63. The molecule has 16 heavy (non-hydrogen) atoms. The highest BCUT2D eigenvalue weighted by Crippen LogP contribution is 2.07. The van der Waals surface area contributed by atoms with Crippen LogP contribution in [-0.4, -0.2) is 25.7 Å². The van der Waals surface area contributed by atoms with Crippen molar-refractivity contribution in [1.82, 2.24) is 19.7 Å². The molecule has 0 aliphatic rings. The molecule has 2 N–H and O–H groups in total. The van der Waals surface area contributed by atoms with Gasteiger partial charge in [0.1, 0.15) is 5.82 Å². The van der Waals surface area contributed by atoms with Gasteiger partial charge in [-0.3, -0.25) is 9.36 Å². The minimum Gasteiger partial charge on any atom is -0.364 e. The number of imidazole rings is 1. The number of nitrogens with two attached hydrogens (primary N) is 1. The summed E-state index contributed by atoms with van der Waals surface area (Å²) in [7, 11) is 0. The van der Waals surface area contributed by atoms with Crippen LogP contribution in [0.2, 0.25) is 0 Å². The summed E-state index contributed by atoms with van der Waals surface area (Å²) >= 11 is 0. The van der Waals surface area contributed by atoms with Crippen molar-refractivity contribution in [3.8, 4) is 5.82 Å². The molecule has 2 aromatic heterocycles. The molecular weight excluding hydrogens is 206 g/mol. The summed E-state index contributed by atoms with van der Waals surface area (Å²) in [5, 5.41) is 7.66. The Morgan fingerprint density at radius 1 is 1.44 bits per heavy atom. The number of carbonyl (C=O) groups is 1. The molecule has 0 atom stereocenters. The molecule has 82 valence electrons. The van der Waals surface area contributed by atoms with E-state index in [-0.39, 0.29) is 5.69 Å². The number of nitrogens with zero attached hydrogens (tertiary/aromatic N) is 4. The third-order valence-corrected chi connectivity index (χ3v) is 2.18. The van der Waals surface area contributed by atoms with Gasteiger partial charge in [-0.05, 0) is 12.1 Å². The minimum atomic E-state index is -0.583. The number of rotatable bonds is 3. The van der Waals surface area contributed by atoms with E-state index < -0.39 is 5.91 Å². The highest BCUT2D eigenvalue weighted by Gasteiger charge is 2.06. The molecule has 0 bridgehead atoms. The Bertz CT molecular complexity index is 502. The number of hydrogen-bond donors (Lipinski definition) is 1. The van der Waals surface area contributed by atoms with Crippen molar-refractivity contribution in [1.29, 1.82) is 0 Å². The molecule has 0 saturated carbocycles. The maximum Gasteiger partial charge on any atom is 0.269 e. The van der Waals surface area contributed by atoms with E-state index in [4.69, 9.17) is 5.73 Å². The summed E-state index contributed by atoms with van der Waals surface area (Å²) in [6.45, 7) is 2.00. The smallest absolute Gasteiger partial charge is 0.269 e. The summed E-state index contributed by atoms with van der Waals surface area (Å²) in [6, 6.07) is 3.23. The molecule has 2 rings (SSSR count). The van der Waals surface area contributed by atoms with Crippen LogP contribution >= 0.6 is 0 Å². The van der Waals surface area contributed by atoms with Gasteiger partial charge in [-0.2, -0.15) is 0 Å². The molecule has 2 aromatic rings. The van der Waals surface area contributed by atoms with Gasteiger partial charge in [0.2, 0.25) is 0 Å². The Morgan fingerprint density at radius 2 is 2.25 bits per heavy atom. The fourth-order valence-electron chi connectivity index (χ4n) is 1.39. The molecule has 0 unspecified atom stereocenters. The predicted octanol–water partition coefficient (Wildman–Crippen LogP) is 0.324. The zero-order chi connectivity index (χ0) is 11.5. The number of hydrogen-bond acceptors (Lipinski definition) is 4. The van der Waals surface area contributed by atoms with Gasteiger partial charge >= 0.3 is 0 Å². The van der Waals surface area contributed by atoms with Crippen LogP contribution in [0, 0.1) is 0 Å². The minimum absolute atomic E-state index is 0.155. The van der Waals surface area contributed by atoms with Gasteiger partial charge in [0.05, 0.1) is 0 Å². The Morgan fingerprint density at radius 3 is 2.81 bits per heavy atom. The first-order valence-corrected chi connectivity index (χ1v) is 4.88. The average molecular weight is 217 g/mol. The number of aromatic nitrogens is 4. The molecule has 0 fully saturated rings. The quantitative estimate of drug-likeness (QED) is 0.802. The molecule has 0 aliphatic carbocycles. The largest absolute Gasteiger partial charge is 0.364 e. The van der Waals surface area contributed by atoms with Gasteiger partial charge in [0, 0.05) is 18.8 Å². The molecule has 1 amide bonds. The van der Waals surface area contributed by atoms with Gasteiger partial charge in [0.15, 0.2) is 11.5 Å². The highest BCUT2D eigenvalue weighted by molar-refractivity contribution is 5.90. The zero-order valence-electron chi connectivity index (χ0n) is 8.79. The third kappa shape index (κ3) is 1.77. The standard InChI is InChI=1S/C10H11N5O/c1-2-8-12-5-6-15(8)9-4-3-7(10(11)16)13-14-9/h3-6H,2H2,1H3,(H2,11,16). The number of aryl methyl sites for hydroxylation is 1. The van der Waals surface area contributed by atoms with E-state index >= 15 is 0 Å². The fraction of sp³-hybridized carbons (Fsp3) is 0.200. The first-order chi connectivity index (χ1) is 7.72. The average Bonchev–Trinajstić information content (AvgIpc) is 2.77. The van der Waals surface area contributed by atoms with E-state index in [2.05, 4.69) is 15.2 Å². The van der Waals surface area contributed by atoms with Crippen LogP contribution in [0.1, 0.15) is 23.2 Å². The fourth-order valence-corrected chi connectivity index (χ4v) is 1.39. The molecule has 0 aliphatic heterocycles. The summed E-state index contributed by atoms with van der Waals surface area (Å²) in [5.41, 5.74) is 5.23. The van der Waals surface area contributed by atoms with Crippen LogP contribution in [-0.2, 0) is 6.42 Å². The summed E-state index contributed by atoms with van der Waals surface area (Å²) in [5.74, 6) is 0.931. The SMILES string of the molecule is CCc1nccn1-c1ccc(C(N)=O)nn1. The van der Waals surface area contributed by atoms with Crippen molar-refractivity contribution in [3.63, 3.8) is 0 Å². The molecule has 6 heteroatoms. The molecule has 6 nitrogen and oxygen atoms in total. The lowest BCUT2D eigenvalue weighted by molar-refractivity contribution is 0.0994. The third-order valence-electron chi connectivity index (χ3n) is 2.18. The lowest BCUT2D eigenvalue weighted by Crippen LogP contribution is -2.14. The Balaban J connectivity index is 2.38. The second kappa shape index (κ2) is 4.09. The second-order valence-corrected chi connectivity index (χ2v) is 3.21. The zero-order valence-corrected chi connectivity index (χ0v) is 8.79. The molecule has 0 spiro atoms. The maximum atomic E-state index is 10.8. The van der Waals surface area contributed by atoms with Gasteiger partial charge in [-0.15, -0.1) is 10.2 Å². The molecule has 2 heterocycles. The summed E-state index contributed by atoms with van der Waals surface area (Å²) in [6.07, 6.45) is 4.29. The van der Waals surface area contributed by atoms with Gasteiger partial charge in [0.25, 0.3) is 5.91 Å². The van der Waals surface area contributed by atoms with E-state index in [0.717, 1.165) is 12.2 Å². The van der Waals surface area contributed by atoms with E-state index in [0.29, 0.717) is 5.82 Å². The van der Waals surface area contributed by atoms with E-state index in [1.54, 1.807) is 24.5 Å². The van der Waals surface area contributed by atoms with Crippen molar-refractivity contribution >= 4 is 5.91 Å². The monoisotopic (exact) mass is 217 g/mol. The highest BCUT2D eigenvalue weighted by atomic mass is 16.1. The van der Waals surface area contributed by atoms with Gasteiger partial charge in [-0.25, -0.2) is 4.98 Å². The normalized spacial score (nSPS) is 10.3. The van der Waals surface area contributed by atoms with E-state index in [1.165, 1.54) is 0 Å². The molecule has 0 aromatic carbocycles. The van der Waals surface area contributed by atoms with Crippen LogP contribution in [0.15, 0.2) is 24.5 Å². The van der Waals surface area contributed by atoms with Gasteiger partial charge < -0.3 is 5.73 Å². The van der Waals surface area contributed by atoms with E-state index in [9.17, 15) is 4.79 Å². The summed E-state index contributed by atoms with van der Waals surface area (Å²) < 4.78 is 1.82. The van der Waals surface area contributed by atoms with Crippen molar-refractivity contribution in [2.75, 3.05) is 0 Å². The Hall–Kier alpha value is -2.24. The predicted molar refractivity (Wildman–Crippen MR) is 57.0 cm³/mol. The van der Waals surface area contributed by atoms with Crippen molar-refractivity contribution in [3.05, 3.63) is 36.0 Å². The second-order valence-electron chi connectivity index (χ2n) is 3.21. The molecule has 0 radical (unpaired) electrons. The lowest BCUT2D eigenvalue weighted by Gasteiger charge is -2.04. The van der Waals surface area contributed by atoms with Crippen LogP contribution < -0.4 is 5.73 Å². The van der Waals surface area contributed by atoms with Crippen molar-refractivity contribution in [2.24, 2.45) is 5.73 Å². The number of primary amides is 1. The molecular formula is C10H11N5O. The maximum absolute atomic E-state index is 10.8. The van der Waals surface area contributed by atoms with Crippen LogP contribution in [0.25, 0.3) is 5.82 Å². The molecule has 0 saturated heterocycles. The van der Waals surface area contributed by atoms with Crippen LogP contribution in [0.4, 0.5) is 0 Å². The number of amides is 1. The van der Waals surface area contributed by atoms with Crippen LogP contribution in [0.3, 0.4) is 0 Å². The van der Waals surface area contributed by atoms with E-state index in [1.807, 2.05) is 11.5 Å². The summed E-state index contributed by atoms with van der Waals surface area (Å²) in [4.78, 5) is 15.0. The topological polar surface area (TPSA) is 86.7 Å². The van der Waals surface area contributed by atoms with Crippen molar-refractivity contribution < 1.29 is 4.79 Å². The first kappa shape index (κ1) is 10.3. The lowest BCUT2D eigenvalue weighted by atomic mass is 10.3. The van der Waals surface area contributed by atoms with Crippen LogP contribution in [0.5, 0.6) is 0 Å².